The van der Waals surface area contributed by atoms with Crippen molar-refractivity contribution in [3.05, 3.63) is 52.4 Å². The molecule has 0 unspecified atom stereocenters. The van der Waals surface area contributed by atoms with Crippen LogP contribution in [0.4, 0.5) is 0 Å². The minimum absolute atomic E-state index is 0.00910. The second kappa shape index (κ2) is 7.84. The largest absolute Gasteiger partial charge is 0.507 e. The average molecular weight is 432 g/mol. The predicted molar refractivity (Wildman–Crippen MR) is 106 cm³/mol. The molecule has 7 N–H and O–H groups in total. The number of fused-ring (bicyclic) bond motifs is 1. The van der Waals surface area contributed by atoms with E-state index < -0.39 is 54.1 Å². The summed E-state index contributed by atoms with van der Waals surface area (Å²) in [6, 6.07) is 6.30. The molecular formula is C21H20O10. The Morgan fingerprint density at radius 3 is 2.26 bits per heavy atom. The minimum atomic E-state index is -1.69. The number of hydrogen-bond donors (Lipinski definition) is 7. The highest BCUT2D eigenvalue weighted by Crippen LogP contribution is 2.40. The number of phenols is 3. The number of hydrogen-bond acceptors (Lipinski definition) is 10. The molecule has 164 valence electrons. The van der Waals surface area contributed by atoms with E-state index in [4.69, 9.17) is 9.15 Å². The summed E-state index contributed by atoms with van der Waals surface area (Å²) in [6.45, 7) is -0.661. The van der Waals surface area contributed by atoms with Crippen molar-refractivity contribution >= 4 is 11.0 Å². The lowest BCUT2D eigenvalue weighted by Crippen LogP contribution is -2.55. The first-order chi connectivity index (χ1) is 14.7. The average Bonchev–Trinajstić information content (AvgIpc) is 2.75. The number of rotatable bonds is 3. The van der Waals surface area contributed by atoms with Crippen LogP contribution in [0.3, 0.4) is 0 Å². The summed E-state index contributed by atoms with van der Waals surface area (Å²) in [5.41, 5.74) is -0.452. The lowest BCUT2D eigenvalue weighted by atomic mass is 9.89. The normalized spacial score (nSPS) is 26.3. The number of aromatic hydroxyl groups is 3. The summed E-state index contributed by atoms with van der Waals surface area (Å²) in [6.07, 6.45) is -6.50. The molecule has 1 aliphatic rings. The van der Waals surface area contributed by atoms with Crippen LogP contribution in [0.25, 0.3) is 22.1 Å². The third kappa shape index (κ3) is 3.40. The Bertz CT molecular complexity index is 1180. The third-order valence-electron chi connectivity index (χ3n) is 5.42. The molecule has 10 nitrogen and oxygen atoms in total. The van der Waals surface area contributed by atoms with Crippen LogP contribution in [0.5, 0.6) is 17.2 Å². The fourth-order valence-electron chi connectivity index (χ4n) is 3.72. The first-order valence-electron chi connectivity index (χ1n) is 9.34. The molecule has 3 aromatic rings. The summed E-state index contributed by atoms with van der Waals surface area (Å²) < 4.78 is 11.1. The molecule has 0 aliphatic carbocycles. The van der Waals surface area contributed by atoms with E-state index in [-0.39, 0.29) is 33.4 Å². The number of ether oxygens (including phenoxy) is 1. The fraction of sp³-hybridized carbons (Fsp3) is 0.286. The Morgan fingerprint density at radius 2 is 1.58 bits per heavy atom. The molecule has 1 aromatic heterocycles. The number of phenolic OH excluding ortho intramolecular Hbond substituents is 3. The molecule has 1 fully saturated rings. The Hall–Kier alpha value is -3.15. The van der Waals surface area contributed by atoms with Crippen LogP contribution in [-0.2, 0) is 4.74 Å². The zero-order chi connectivity index (χ0) is 22.4. The summed E-state index contributed by atoms with van der Waals surface area (Å²) in [5, 5.41) is 69.5. The van der Waals surface area contributed by atoms with E-state index in [1.807, 2.05) is 0 Å². The van der Waals surface area contributed by atoms with Crippen LogP contribution in [0.15, 0.2) is 45.8 Å². The Labute approximate surface area is 174 Å². The van der Waals surface area contributed by atoms with Gasteiger partial charge in [-0.3, -0.25) is 4.79 Å². The van der Waals surface area contributed by atoms with Crippen molar-refractivity contribution < 1.29 is 44.9 Å². The highest BCUT2D eigenvalue weighted by molar-refractivity contribution is 5.86. The lowest BCUT2D eigenvalue weighted by molar-refractivity contribution is -0.231. The van der Waals surface area contributed by atoms with Gasteiger partial charge in [-0.2, -0.15) is 0 Å². The van der Waals surface area contributed by atoms with Gasteiger partial charge in [-0.25, -0.2) is 0 Å². The molecule has 0 saturated carbocycles. The van der Waals surface area contributed by atoms with Crippen LogP contribution in [-0.4, -0.2) is 66.8 Å². The number of aliphatic hydroxyl groups is 4. The molecule has 0 radical (unpaired) electrons. The van der Waals surface area contributed by atoms with Gasteiger partial charge in [0.1, 0.15) is 48.1 Å². The Morgan fingerprint density at radius 1 is 0.871 bits per heavy atom. The Kier molecular flexibility index (Phi) is 5.33. The van der Waals surface area contributed by atoms with Gasteiger partial charge < -0.3 is 44.9 Å². The molecule has 0 bridgehead atoms. The van der Waals surface area contributed by atoms with Crippen LogP contribution in [0, 0.1) is 0 Å². The van der Waals surface area contributed by atoms with Crippen LogP contribution >= 0.6 is 0 Å². The maximum Gasteiger partial charge on any atom is 0.200 e. The molecule has 5 atom stereocenters. The molecule has 1 saturated heterocycles. The summed E-state index contributed by atoms with van der Waals surface area (Å²) >= 11 is 0. The molecule has 2 heterocycles. The van der Waals surface area contributed by atoms with Gasteiger partial charge in [0.2, 0.25) is 5.43 Å². The van der Waals surface area contributed by atoms with Crippen molar-refractivity contribution in [3.63, 3.8) is 0 Å². The van der Waals surface area contributed by atoms with Gasteiger partial charge >= 0.3 is 0 Å². The third-order valence-corrected chi connectivity index (χ3v) is 5.42. The smallest absolute Gasteiger partial charge is 0.200 e. The first kappa shape index (κ1) is 21.1. The van der Waals surface area contributed by atoms with Gasteiger partial charge in [0.15, 0.2) is 11.5 Å². The molecule has 4 rings (SSSR count). The Balaban J connectivity index is 1.88. The zero-order valence-corrected chi connectivity index (χ0v) is 15.9. The van der Waals surface area contributed by atoms with Crippen molar-refractivity contribution in [3.8, 4) is 28.4 Å². The van der Waals surface area contributed by atoms with Gasteiger partial charge in [0.25, 0.3) is 0 Å². The van der Waals surface area contributed by atoms with E-state index >= 15 is 0 Å². The molecule has 0 amide bonds. The van der Waals surface area contributed by atoms with Crippen molar-refractivity contribution in [2.75, 3.05) is 6.61 Å². The molecular weight excluding hydrogens is 412 g/mol. The molecule has 10 heteroatoms. The van der Waals surface area contributed by atoms with Gasteiger partial charge in [-0.05, 0) is 29.8 Å². The maximum absolute atomic E-state index is 13.1. The van der Waals surface area contributed by atoms with E-state index in [1.54, 1.807) is 0 Å². The van der Waals surface area contributed by atoms with Crippen LogP contribution < -0.4 is 5.43 Å². The van der Waals surface area contributed by atoms with E-state index in [2.05, 4.69) is 0 Å². The van der Waals surface area contributed by atoms with Crippen molar-refractivity contribution in [2.45, 2.75) is 30.5 Å². The fourth-order valence-corrected chi connectivity index (χ4v) is 3.72. The van der Waals surface area contributed by atoms with Gasteiger partial charge in [-0.15, -0.1) is 0 Å². The van der Waals surface area contributed by atoms with Gasteiger partial charge in [0, 0.05) is 0 Å². The van der Waals surface area contributed by atoms with E-state index in [0.717, 1.165) is 6.26 Å². The van der Waals surface area contributed by atoms with Crippen LogP contribution in [0.1, 0.15) is 11.7 Å². The quantitative estimate of drug-likeness (QED) is 0.280. The zero-order valence-electron chi connectivity index (χ0n) is 15.9. The van der Waals surface area contributed by atoms with Crippen molar-refractivity contribution in [1.82, 2.24) is 0 Å². The lowest BCUT2D eigenvalue weighted by Gasteiger charge is -2.40. The molecule has 31 heavy (non-hydrogen) atoms. The summed E-state index contributed by atoms with van der Waals surface area (Å²) in [5.74, 6) is -1.18. The maximum atomic E-state index is 13.1. The topological polar surface area (TPSA) is 181 Å². The summed E-state index contributed by atoms with van der Waals surface area (Å²) in [7, 11) is 0. The number of aliphatic hydroxyl groups excluding tert-OH is 4. The SMILES string of the molecule is O=c1c(-c2ccc(O)c(O)c2)coc2c([C@@H]3O[C@H](CO)[C@H](O)[C@H](O)[C@@H]3O)c(O)ccc12. The van der Waals surface area contributed by atoms with E-state index in [1.165, 1.54) is 30.3 Å². The van der Waals surface area contributed by atoms with Crippen LogP contribution in [0.2, 0.25) is 0 Å². The summed E-state index contributed by atoms with van der Waals surface area (Å²) in [4.78, 5) is 13.1. The van der Waals surface area contributed by atoms with E-state index in [0.29, 0.717) is 0 Å². The van der Waals surface area contributed by atoms with Gasteiger partial charge in [0.05, 0.1) is 23.1 Å². The van der Waals surface area contributed by atoms with Crippen molar-refractivity contribution in [1.29, 1.82) is 0 Å². The molecule has 2 aromatic carbocycles. The monoisotopic (exact) mass is 432 g/mol. The molecule has 1 aliphatic heterocycles. The predicted octanol–water partition coefficient (Wildman–Crippen LogP) is 0.0917. The first-order valence-corrected chi connectivity index (χ1v) is 9.34. The van der Waals surface area contributed by atoms with Gasteiger partial charge in [-0.1, -0.05) is 6.07 Å². The number of benzene rings is 2. The second-order valence-corrected chi connectivity index (χ2v) is 7.31. The minimum Gasteiger partial charge on any atom is -0.507 e. The molecule has 0 spiro atoms. The van der Waals surface area contributed by atoms with Crippen molar-refractivity contribution in [2.24, 2.45) is 0 Å². The highest BCUT2D eigenvalue weighted by Gasteiger charge is 2.45. The standard InChI is InChI=1S/C21H20O10/c22-6-14-17(27)18(28)19(29)21(31-14)15-12(24)4-2-9-16(26)10(7-30-20(9)15)8-1-3-11(23)13(25)5-8/h1-5,7,14,17-19,21-25,27-29H,6H2/t14-,17+,18+,19+,21+/m1/s1. The highest BCUT2D eigenvalue weighted by atomic mass is 16.5. The van der Waals surface area contributed by atoms with E-state index in [9.17, 15) is 40.5 Å². The second-order valence-electron chi connectivity index (χ2n) is 7.31.